The Morgan fingerprint density at radius 3 is 2.75 bits per heavy atom. The summed E-state index contributed by atoms with van der Waals surface area (Å²) >= 11 is 0. The number of fused-ring (bicyclic) bond motifs is 1. The lowest BCUT2D eigenvalue weighted by Gasteiger charge is -2.09. The van der Waals surface area contributed by atoms with Gasteiger partial charge in [-0.05, 0) is 54.7 Å². The van der Waals surface area contributed by atoms with Crippen LogP contribution in [0.5, 0.6) is 5.75 Å². The number of benzene rings is 2. The molecule has 1 aliphatic carbocycles. The van der Waals surface area contributed by atoms with Crippen LogP contribution in [-0.2, 0) is 12.8 Å². The smallest absolute Gasteiger partial charge is 0.262 e. The van der Waals surface area contributed by atoms with E-state index in [-0.39, 0.29) is 11.3 Å². The molecule has 0 heterocycles. The van der Waals surface area contributed by atoms with Crippen molar-refractivity contribution in [2.75, 3.05) is 5.32 Å². The third-order valence-electron chi connectivity index (χ3n) is 3.58. The SMILES string of the molecule is O=C(Nc1ccc2c(c1)CCC2)c1c(O)cccc1F. The molecular formula is C16H14FNO2. The van der Waals surface area contributed by atoms with E-state index in [9.17, 15) is 14.3 Å². The number of halogens is 1. The summed E-state index contributed by atoms with van der Waals surface area (Å²) in [4.78, 5) is 12.0. The zero-order chi connectivity index (χ0) is 14.1. The van der Waals surface area contributed by atoms with Crippen LogP contribution in [0.2, 0.25) is 0 Å². The lowest BCUT2D eigenvalue weighted by molar-refractivity contribution is 0.102. The van der Waals surface area contributed by atoms with Crippen molar-refractivity contribution in [3.63, 3.8) is 0 Å². The van der Waals surface area contributed by atoms with Crippen molar-refractivity contribution < 1.29 is 14.3 Å². The second-order valence-corrected chi connectivity index (χ2v) is 4.93. The summed E-state index contributed by atoms with van der Waals surface area (Å²) in [6.45, 7) is 0. The van der Waals surface area contributed by atoms with E-state index in [2.05, 4.69) is 5.32 Å². The average molecular weight is 271 g/mol. The quantitative estimate of drug-likeness (QED) is 0.880. The van der Waals surface area contributed by atoms with Gasteiger partial charge in [-0.1, -0.05) is 12.1 Å². The van der Waals surface area contributed by atoms with Gasteiger partial charge in [0.25, 0.3) is 5.91 Å². The van der Waals surface area contributed by atoms with E-state index >= 15 is 0 Å². The summed E-state index contributed by atoms with van der Waals surface area (Å²) in [6.07, 6.45) is 3.20. The summed E-state index contributed by atoms with van der Waals surface area (Å²) in [5, 5.41) is 12.2. The van der Waals surface area contributed by atoms with Gasteiger partial charge in [-0.25, -0.2) is 4.39 Å². The molecule has 2 aromatic carbocycles. The Morgan fingerprint density at radius 2 is 1.95 bits per heavy atom. The molecule has 0 atom stereocenters. The van der Waals surface area contributed by atoms with Crippen molar-refractivity contribution in [3.05, 3.63) is 58.9 Å². The first kappa shape index (κ1) is 12.7. The van der Waals surface area contributed by atoms with Crippen molar-refractivity contribution in [2.24, 2.45) is 0 Å². The topological polar surface area (TPSA) is 49.3 Å². The van der Waals surface area contributed by atoms with Gasteiger partial charge in [0, 0.05) is 5.69 Å². The van der Waals surface area contributed by atoms with Crippen LogP contribution in [0.1, 0.15) is 27.9 Å². The Balaban J connectivity index is 1.86. The number of aromatic hydroxyl groups is 1. The highest BCUT2D eigenvalue weighted by Crippen LogP contribution is 2.26. The lowest BCUT2D eigenvalue weighted by atomic mass is 10.1. The number of rotatable bonds is 2. The van der Waals surface area contributed by atoms with E-state index in [1.807, 2.05) is 12.1 Å². The Morgan fingerprint density at radius 1 is 1.15 bits per heavy atom. The van der Waals surface area contributed by atoms with Crippen LogP contribution in [0.15, 0.2) is 36.4 Å². The fraction of sp³-hybridized carbons (Fsp3) is 0.188. The molecule has 3 rings (SSSR count). The summed E-state index contributed by atoms with van der Waals surface area (Å²) < 4.78 is 13.6. The molecule has 0 radical (unpaired) electrons. The molecule has 0 bridgehead atoms. The fourth-order valence-corrected chi connectivity index (χ4v) is 2.58. The predicted molar refractivity (Wildman–Crippen MR) is 74.5 cm³/mol. The molecule has 0 aliphatic heterocycles. The first-order valence-electron chi connectivity index (χ1n) is 6.56. The van der Waals surface area contributed by atoms with Crippen molar-refractivity contribution in [3.8, 4) is 5.75 Å². The monoisotopic (exact) mass is 271 g/mol. The van der Waals surface area contributed by atoms with Crippen molar-refractivity contribution in [1.29, 1.82) is 0 Å². The average Bonchev–Trinajstić information content (AvgIpc) is 2.85. The number of anilines is 1. The molecule has 1 amide bonds. The van der Waals surface area contributed by atoms with Gasteiger partial charge < -0.3 is 10.4 Å². The van der Waals surface area contributed by atoms with E-state index in [1.165, 1.54) is 23.3 Å². The summed E-state index contributed by atoms with van der Waals surface area (Å²) in [7, 11) is 0. The molecule has 0 saturated carbocycles. The molecule has 4 heteroatoms. The third kappa shape index (κ3) is 2.25. The van der Waals surface area contributed by atoms with Crippen molar-refractivity contribution in [1.82, 2.24) is 0 Å². The normalized spacial score (nSPS) is 13.1. The molecule has 0 unspecified atom stereocenters. The molecule has 102 valence electrons. The summed E-state index contributed by atoms with van der Waals surface area (Å²) in [5.41, 5.74) is 2.82. The molecule has 2 aromatic rings. The van der Waals surface area contributed by atoms with Crippen LogP contribution in [0.4, 0.5) is 10.1 Å². The zero-order valence-corrected chi connectivity index (χ0v) is 10.8. The molecular weight excluding hydrogens is 257 g/mol. The second kappa shape index (κ2) is 4.96. The minimum Gasteiger partial charge on any atom is -0.507 e. The lowest BCUT2D eigenvalue weighted by Crippen LogP contribution is -2.14. The largest absolute Gasteiger partial charge is 0.507 e. The molecule has 0 spiro atoms. The molecule has 3 nitrogen and oxygen atoms in total. The van der Waals surface area contributed by atoms with Crippen molar-refractivity contribution >= 4 is 11.6 Å². The van der Waals surface area contributed by atoms with Gasteiger partial charge in [0.1, 0.15) is 17.1 Å². The summed E-state index contributed by atoms with van der Waals surface area (Å²) in [5.74, 6) is -1.73. The van der Waals surface area contributed by atoms with Crippen LogP contribution >= 0.6 is 0 Å². The molecule has 0 saturated heterocycles. The minimum atomic E-state index is -0.733. The highest BCUT2D eigenvalue weighted by atomic mass is 19.1. The molecule has 20 heavy (non-hydrogen) atoms. The first-order chi connectivity index (χ1) is 9.65. The number of hydrogen-bond donors (Lipinski definition) is 2. The van der Waals surface area contributed by atoms with E-state index in [0.29, 0.717) is 5.69 Å². The Kier molecular flexibility index (Phi) is 3.14. The number of hydrogen-bond acceptors (Lipinski definition) is 2. The number of amides is 1. The van der Waals surface area contributed by atoms with Crippen LogP contribution in [0, 0.1) is 5.82 Å². The van der Waals surface area contributed by atoms with Gasteiger partial charge in [-0.2, -0.15) is 0 Å². The Bertz CT molecular complexity index is 662. The van der Waals surface area contributed by atoms with Gasteiger partial charge in [-0.15, -0.1) is 0 Å². The maximum absolute atomic E-state index is 13.6. The number of aryl methyl sites for hydroxylation is 2. The van der Waals surface area contributed by atoms with Gasteiger partial charge >= 0.3 is 0 Å². The van der Waals surface area contributed by atoms with Crippen LogP contribution in [0.25, 0.3) is 0 Å². The number of nitrogens with one attached hydrogen (secondary N) is 1. The van der Waals surface area contributed by atoms with Gasteiger partial charge in [0.05, 0.1) is 0 Å². The third-order valence-corrected chi connectivity index (χ3v) is 3.58. The minimum absolute atomic E-state index is 0.326. The standard InChI is InChI=1S/C16H14FNO2/c17-13-5-2-6-14(19)15(13)16(20)18-12-8-7-10-3-1-4-11(10)9-12/h2,5-9,19H,1,3-4H2,(H,18,20). The van der Waals surface area contributed by atoms with Crippen LogP contribution in [0.3, 0.4) is 0 Å². The first-order valence-corrected chi connectivity index (χ1v) is 6.56. The van der Waals surface area contributed by atoms with Gasteiger partial charge in [0.2, 0.25) is 0 Å². The number of phenolic OH excluding ortho intramolecular Hbond substituents is 1. The Labute approximate surface area is 116 Å². The van der Waals surface area contributed by atoms with Gasteiger partial charge in [0.15, 0.2) is 0 Å². The molecule has 0 aromatic heterocycles. The molecule has 1 aliphatic rings. The predicted octanol–water partition coefficient (Wildman–Crippen LogP) is 3.27. The van der Waals surface area contributed by atoms with Gasteiger partial charge in [-0.3, -0.25) is 4.79 Å². The van der Waals surface area contributed by atoms with Crippen LogP contribution in [-0.4, -0.2) is 11.0 Å². The van der Waals surface area contributed by atoms with Crippen molar-refractivity contribution in [2.45, 2.75) is 19.3 Å². The Hall–Kier alpha value is -2.36. The van der Waals surface area contributed by atoms with E-state index in [4.69, 9.17) is 0 Å². The maximum Gasteiger partial charge on any atom is 0.262 e. The number of carbonyl (C=O) groups excluding carboxylic acids is 1. The zero-order valence-electron chi connectivity index (χ0n) is 10.8. The fourth-order valence-electron chi connectivity index (χ4n) is 2.58. The summed E-state index contributed by atoms with van der Waals surface area (Å²) in [6, 6.07) is 9.51. The van der Waals surface area contributed by atoms with E-state index in [1.54, 1.807) is 6.07 Å². The second-order valence-electron chi connectivity index (χ2n) is 4.93. The molecule has 0 fully saturated rings. The van der Waals surface area contributed by atoms with E-state index < -0.39 is 11.7 Å². The van der Waals surface area contributed by atoms with E-state index in [0.717, 1.165) is 25.3 Å². The number of carbonyl (C=O) groups is 1. The maximum atomic E-state index is 13.6. The molecule has 2 N–H and O–H groups in total. The van der Waals surface area contributed by atoms with Crippen LogP contribution < -0.4 is 5.32 Å². The number of phenols is 1. The highest BCUT2D eigenvalue weighted by molar-refractivity contribution is 6.06. The highest BCUT2D eigenvalue weighted by Gasteiger charge is 2.17.